The van der Waals surface area contributed by atoms with Crippen LogP contribution in [-0.2, 0) is 0 Å². The maximum Gasteiger partial charge on any atom is 0.586 e. The number of benzene rings is 1. The van der Waals surface area contributed by atoms with Crippen LogP contribution in [0.25, 0.3) is 0 Å². The van der Waals surface area contributed by atoms with E-state index in [0.29, 0.717) is 22.4 Å². The van der Waals surface area contributed by atoms with Gasteiger partial charge in [-0.2, -0.15) is 0 Å². The molecular formula is C18H19F2N3O3S. The first-order valence-corrected chi connectivity index (χ1v) is 9.64. The van der Waals surface area contributed by atoms with E-state index in [0.717, 1.165) is 19.4 Å². The van der Waals surface area contributed by atoms with E-state index < -0.39 is 6.29 Å². The number of hydrogen-bond donors (Lipinski definition) is 1. The number of alkyl halides is 2. The Labute approximate surface area is 159 Å². The highest BCUT2D eigenvalue weighted by atomic mass is 32.1. The zero-order valence-electron chi connectivity index (χ0n) is 14.9. The number of nitrogens with one attached hydrogen (secondary N) is 1. The third kappa shape index (κ3) is 3.55. The Hall–Kier alpha value is -2.42. The first-order valence-electron chi connectivity index (χ1n) is 8.76. The van der Waals surface area contributed by atoms with Crippen LogP contribution in [0.4, 0.5) is 19.6 Å². The van der Waals surface area contributed by atoms with E-state index in [2.05, 4.69) is 33.6 Å². The summed E-state index contributed by atoms with van der Waals surface area (Å²) >= 11 is 1.28. The second-order valence-electron chi connectivity index (χ2n) is 6.85. The summed E-state index contributed by atoms with van der Waals surface area (Å²) in [6.45, 7) is 4.96. The number of anilines is 2. The molecule has 0 aliphatic carbocycles. The normalized spacial score (nSPS) is 23.3. The lowest BCUT2D eigenvalue weighted by Crippen LogP contribution is -2.46. The van der Waals surface area contributed by atoms with E-state index in [1.807, 2.05) is 4.90 Å². The van der Waals surface area contributed by atoms with Crippen LogP contribution >= 0.6 is 11.3 Å². The first kappa shape index (κ1) is 18.0. The Bertz CT molecular complexity index is 873. The minimum Gasteiger partial charge on any atom is -0.395 e. The van der Waals surface area contributed by atoms with Gasteiger partial charge in [-0.25, -0.2) is 4.98 Å². The molecule has 1 fully saturated rings. The molecule has 0 bridgehead atoms. The van der Waals surface area contributed by atoms with Gasteiger partial charge in [-0.15, -0.1) is 20.1 Å². The molecule has 2 unspecified atom stereocenters. The number of carbonyl (C=O) groups excluding carboxylic acids is 1. The van der Waals surface area contributed by atoms with Gasteiger partial charge < -0.3 is 19.7 Å². The van der Waals surface area contributed by atoms with E-state index >= 15 is 0 Å². The molecule has 144 valence electrons. The summed E-state index contributed by atoms with van der Waals surface area (Å²) < 4.78 is 35.0. The molecule has 1 saturated heterocycles. The number of carbonyl (C=O) groups is 1. The molecule has 6 nitrogen and oxygen atoms in total. The number of aromatic nitrogens is 1. The smallest absolute Gasteiger partial charge is 0.395 e. The van der Waals surface area contributed by atoms with Gasteiger partial charge in [0, 0.05) is 29.7 Å². The lowest BCUT2D eigenvalue weighted by Gasteiger charge is -2.37. The number of hydrogen-bond acceptors (Lipinski definition) is 6. The van der Waals surface area contributed by atoms with Gasteiger partial charge in [-0.3, -0.25) is 4.79 Å². The van der Waals surface area contributed by atoms with Crippen molar-refractivity contribution in [2.75, 3.05) is 11.9 Å². The second-order valence-corrected chi connectivity index (χ2v) is 7.71. The quantitative estimate of drug-likeness (QED) is 0.831. The van der Waals surface area contributed by atoms with Crippen molar-refractivity contribution in [2.24, 2.45) is 5.92 Å². The van der Waals surface area contributed by atoms with Crippen LogP contribution in [0, 0.1) is 5.92 Å². The van der Waals surface area contributed by atoms with Crippen LogP contribution in [0.15, 0.2) is 23.6 Å². The monoisotopic (exact) mass is 395 g/mol. The predicted molar refractivity (Wildman–Crippen MR) is 96.9 cm³/mol. The summed E-state index contributed by atoms with van der Waals surface area (Å²) in [7, 11) is 0. The number of halogens is 2. The molecule has 1 amide bonds. The van der Waals surface area contributed by atoms with Crippen LogP contribution in [0.2, 0.25) is 0 Å². The average Bonchev–Trinajstić information content (AvgIpc) is 3.19. The van der Waals surface area contributed by atoms with Crippen molar-refractivity contribution >= 4 is 28.1 Å². The Morgan fingerprint density at radius 1 is 1.33 bits per heavy atom. The largest absolute Gasteiger partial charge is 0.586 e. The summed E-state index contributed by atoms with van der Waals surface area (Å²) in [5, 5.41) is 5.22. The molecule has 9 heteroatoms. The minimum atomic E-state index is -3.65. The van der Waals surface area contributed by atoms with Gasteiger partial charge in [-0.1, -0.05) is 6.92 Å². The van der Waals surface area contributed by atoms with Crippen molar-refractivity contribution < 1.29 is 23.0 Å². The summed E-state index contributed by atoms with van der Waals surface area (Å²) in [6.07, 6.45) is -1.53. The third-order valence-electron chi connectivity index (χ3n) is 5.01. The summed E-state index contributed by atoms with van der Waals surface area (Å²) in [5.74, 6) is 0.317. The standard InChI is InChI=1S/C18H19F2N3O3S/c1-10-4-3-7-23(11(10)2)16(24)13-9-27-17(22-13)21-12-5-6-14-15(8-12)26-18(19,20)25-14/h5-6,8-11H,3-4,7H2,1-2H3,(H,21,22). The molecule has 2 aliphatic heterocycles. The number of nitrogens with zero attached hydrogens (tertiary/aromatic N) is 2. The third-order valence-corrected chi connectivity index (χ3v) is 5.77. The van der Waals surface area contributed by atoms with E-state index in [1.165, 1.54) is 23.5 Å². The van der Waals surface area contributed by atoms with Crippen molar-refractivity contribution in [3.63, 3.8) is 0 Å². The molecule has 1 aromatic carbocycles. The molecule has 2 aromatic rings. The van der Waals surface area contributed by atoms with E-state index in [-0.39, 0.29) is 23.4 Å². The van der Waals surface area contributed by atoms with Crippen molar-refractivity contribution in [1.82, 2.24) is 9.88 Å². The van der Waals surface area contributed by atoms with E-state index in [1.54, 1.807) is 11.4 Å². The zero-order chi connectivity index (χ0) is 19.2. The fourth-order valence-corrected chi connectivity index (χ4v) is 4.05. The lowest BCUT2D eigenvalue weighted by molar-refractivity contribution is -0.286. The second kappa shape index (κ2) is 6.63. The lowest BCUT2D eigenvalue weighted by atomic mass is 9.92. The van der Waals surface area contributed by atoms with Crippen LogP contribution in [0.1, 0.15) is 37.2 Å². The van der Waals surface area contributed by atoms with Gasteiger partial charge in [-0.05, 0) is 37.8 Å². The molecule has 0 saturated carbocycles. The SMILES string of the molecule is CC1CCCN(C(=O)c2csc(Nc3ccc4c(c3)OC(F)(F)O4)n2)C1C. The Morgan fingerprint density at radius 3 is 2.93 bits per heavy atom. The average molecular weight is 395 g/mol. The Kier molecular flexibility index (Phi) is 4.41. The Morgan fingerprint density at radius 2 is 2.11 bits per heavy atom. The van der Waals surface area contributed by atoms with E-state index in [4.69, 9.17) is 0 Å². The molecule has 3 heterocycles. The molecular weight excluding hydrogens is 376 g/mol. The van der Waals surface area contributed by atoms with Crippen LogP contribution < -0.4 is 14.8 Å². The molecule has 1 N–H and O–H groups in total. The molecule has 2 aliphatic rings. The highest BCUT2D eigenvalue weighted by Gasteiger charge is 2.43. The van der Waals surface area contributed by atoms with E-state index in [9.17, 15) is 13.6 Å². The fraction of sp³-hybridized carbons (Fsp3) is 0.444. The number of thiazole rings is 1. The van der Waals surface area contributed by atoms with Crippen molar-refractivity contribution in [3.05, 3.63) is 29.3 Å². The number of likely N-dealkylation sites (tertiary alicyclic amines) is 1. The van der Waals surface area contributed by atoms with Gasteiger partial charge in [0.05, 0.1) is 0 Å². The number of ether oxygens (including phenoxy) is 2. The van der Waals surface area contributed by atoms with Crippen LogP contribution in [-0.4, -0.2) is 34.7 Å². The van der Waals surface area contributed by atoms with Crippen LogP contribution in [0.3, 0.4) is 0 Å². The number of rotatable bonds is 3. The van der Waals surface area contributed by atoms with Crippen molar-refractivity contribution in [1.29, 1.82) is 0 Å². The molecule has 1 aromatic heterocycles. The highest BCUT2D eigenvalue weighted by Crippen LogP contribution is 2.42. The van der Waals surface area contributed by atoms with Gasteiger partial charge in [0.15, 0.2) is 16.6 Å². The highest BCUT2D eigenvalue weighted by molar-refractivity contribution is 7.14. The molecule has 4 rings (SSSR count). The molecule has 0 spiro atoms. The van der Waals surface area contributed by atoms with Crippen LogP contribution in [0.5, 0.6) is 11.5 Å². The summed E-state index contributed by atoms with van der Waals surface area (Å²) in [4.78, 5) is 19.0. The Balaban J connectivity index is 1.47. The van der Waals surface area contributed by atoms with Gasteiger partial charge in [0.2, 0.25) is 0 Å². The number of amides is 1. The summed E-state index contributed by atoms with van der Waals surface area (Å²) in [6, 6.07) is 4.57. The maximum absolute atomic E-state index is 13.1. The summed E-state index contributed by atoms with van der Waals surface area (Å²) in [5.41, 5.74) is 0.902. The number of fused-ring (bicyclic) bond motifs is 1. The maximum atomic E-state index is 13.1. The van der Waals surface area contributed by atoms with Gasteiger partial charge in [0.25, 0.3) is 5.91 Å². The molecule has 27 heavy (non-hydrogen) atoms. The number of piperidine rings is 1. The van der Waals surface area contributed by atoms with Crippen molar-refractivity contribution in [3.8, 4) is 11.5 Å². The fourth-order valence-electron chi connectivity index (χ4n) is 3.35. The molecule has 2 atom stereocenters. The van der Waals surface area contributed by atoms with Gasteiger partial charge in [0.1, 0.15) is 5.69 Å². The molecule has 0 radical (unpaired) electrons. The van der Waals surface area contributed by atoms with Gasteiger partial charge >= 0.3 is 6.29 Å². The van der Waals surface area contributed by atoms with Crippen molar-refractivity contribution in [2.45, 2.75) is 39.0 Å². The first-order chi connectivity index (χ1) is 12.8. The minimum absolute atomic E-state index is 0.0197. The topological polar surface area (TPSA) is 63.7 Å². The zero-order valence-corrected chi connectivity index (χ0v) is 15.7. The predicted octanol–water partition coefficient (Wildman–Crippen LogP) is 4.47.